The molecule has 3 aromatic carbocycles. The van der Waals surface area contributed by atoms with Gasteiger partial charge in [0, 0.05) is 0 Å². The quantitative estimate of drug-likeness (QED) is 0.253. The van der Waals surface area contributed by atoms with Crippen LogP contribution in [-0.4, -0.2) is 47.3 Å². The van der Waals surface area contributed by atoms with Gasteiger partial charge < -0.3 is 18.9 Å². The molecule has 0 saturated carbocycles. The molecular weight excluding hydrogens is 516 g/mol. The maximum atomic E-state index is 13.0. The van der Waals surface area contributed by atoms with Crippen LogP contribution in [0, 0.1) is 0 Å². The van der Waals surface area contributed by atoms with E-state index >= 15 is 0 Å². The molecule has 0 aliphatic carbocycles. The predicted octanol–water partition coefficient (Wildman–Crippen LogP) is 4.80. The molecule has 4 rings (SSSR count). The lowest BCUT2D eigenvalue weighted by atomic mass is 9.99. The highest BCUT2D eigenvalue weighted by atomic mass is 79.9. The summed E-state index contributed by atoms with van der Waals surface area (Å²) < 4.78 is 23.2. The van der Waals surface area contributed by atoms with Crippen LogP contribution >= 0.6 is 15.9 Å². The minimum absolute atomic E-state index is 0.305. The number of carbonyl (C=O) groups is 3. The van der Waals surface area contributed by atoms with Crippen molar-refractivity contribution in [3.05, 3.63) is 108 Å². The van der Waals surface area contributed by atoms with E-state index in [1.165, 1.54) is 0 Å². The molecule has 1 aliphatic heterocycles. The standard InChI is InChI=1S/C27H23BrO7/c1-17-21(33-25(29)18-11-5-2-6-12-18)22(34-26(30)19-13-7-3-8-14-19)23(24(28)32-17)35-27(31)20-15-9-4-10-16-20/h2-17,21-24H,1H3/t17-,21-,22+,23+,24+/m0/s1. The van der Waals surface area contributed by atoms with E-state index in [0.29, 0.717) is 16.7 Å². The molecule has 0 unspecified atom stereocenters. The van der Waals surface area contributed by atoms with Crippen LogP contribution in [0.5, 0.6) is 0 Å². The minimum atomic E-state index is -1.14. The Morgan fingerprint density at radius 3 is 1.34 bits per heavy atom. The number of ether oxygens (including phenoxy) is 4. The van der Waals surface area contributed by atoms with Gasteiger partial charge in [-0.05, 0) is 43.3 Å². The fraction of sp³-hybridized carbons (Fsp3) is 0.222. The van der Waals surface area contributed by atoms with Crippen LogP contribution in [0.3, 0.4) is 0 Å². The minimum Gasteiger partial charge on any atom is -0.452 e. The molecule has 35 heavy (non-hydrogen) atoms. The Labute approximate surface area is 211 Å². The normalized spacial score (nSPS) is 23.7. The van der Waals surface area contributed by atoms with Crippen molar-refractivity contribution in [3.8, 4) is 0 Å². The van der Waals surface area contributed by atoms with Crippen LogP contribution in [0.1, 0.15) is 38.0 Å². The number of carbonyl (C=O) groups excluding carboxylic acids is 3. The van der Waals surface area contributed by atoms with Gasteiger partial charge in [0.1, 0.15) is 0 Å². The third kappa shape index (κ3) is 5.96. The maximum Gasteiger partial charge on any atom is 0.338 e. The van der Waals surface area contributed by atoms with Gasteiger partial charge in [-0.2, -0.15) is 0 Å². The fourth-order valence-electron chi connectivity index (χ4n) is 3.68. The van der Waals surface area contributed by atoms with Crippen LogP contribution < -0.4 is 0 Å². The highest BCUT2D eigenvalue weighted by Gasteiger charge is 2.50. The molecule has 5 atom stereocenters. The summed E-state index contributed by atoms with van der Waals surface area (Å²) in [5.74, 6) is -1.90. The predicted molar refractivity (Wildman–Crippen MR) is 130 cm³/mol. The van der Waals surface area contributed by atoms with Crippen molar-refractivity contribution in [3.63, 3.8) is 0 Å². The number of esters is 3. The molecule has 1 fully saturated rings. The first kappa shape index (κ1) is 24.6. The van der Waals surface area contributed by atoms with Gasteiger partial charge in [-0.1, -0.05) is 70.5 Å². The van der Waals surface area contributed by atoms with Crippen molar-refractivity contribution >= 4 is 33.8 Å². The van der Waals surface area contributed by atoms with E-state index in [-0.39, 0.29) is 0 Å². The molecule has 0 spiro atoms. The summed E-state index contributed by atoms with van der Waals surface area (Å²) in [5.41, 5.74) is 0.947. The summed E-state index contributed by atoms with van der Waals surface area (Å²) in [7, 11) is 0. The Kier molecular flexibility index (Phi) is 7.94. The van der Waals surface area contributed by atoms with Gasteiger partial charge in [0.25, 0.3) is 0 Å². The zero-order chi connectivity index (χ0) is 24.8. The fourth-order valence-corrected chi connectivity index (χ4v) is 4.43. The first-order valence-corrected chi connectivity index (χ1v) is 11.9. The van der Waals surface area contributed by atoms with Crippen molar-refractivity contribution in [1.82, 2.24) is 0 Å². The Balaban J connectivity index is 1.63. The van der Waals surface area contributed by atoms with Gasteiger partial charge >= 0.3 is 17.9 Å². The van der Waals surface area contributed by atoms with Gasteiger partial charge in [-0.25, -0.2) is 14.4 Å². The van der Waals surface area contributed by atoms with E-state index in [4.69, 9.17) is 18.9 Å². The van der Waals surface area contributed by atoms with Crippen molar-refractivity contribution in [1.29, 1.82) is 0 Å². The average Bonchev–Trinajstić information content (AvgIpc) is 2.89. The van der Waals surface area contributed by atoms with E-state index in [9.17, 15) is 14.4 Å². The lowest BCUT2D eigenvalue weighted by molar-refractivity contribution is -0.193. The van der Waals surface area contributed by atoms with Gasteiger partial charge in [-0.15, -0.1) is 0 Å². The number of benzene rings is 3. The molecule has 3 aromatic rings. The van der Waals surface area contributed by atoms with Gasteiger partial charge in [0.2, 0.25) is 0 Å². The lowest BCUT2D eigenvalue weighted by Crippen LogP contribution is -2.59. The van der Waals surface area contributed by atoms with Crippen LogP contribution in [0.25, 0.3) is 0 Å². The zero-order valence-corrected chi connectivity index (χ0v) is 20.4. The zero-order valence-electron chi connectivity index (χ0n) is 18.8. The first-order chi connectivity index (χ1) is 16.9. The highest BCUT2D eigenvalue weighted by molar-refractivity contribution is 9.09. The molecule has 1 aliphatic rings. The van der Waals surface area contributed by atoms with Crippen LogP contribution in [0.15, 0.2) is 91.0 Å². The number of alkyl halides is 1. The molecule has 7 nitrogen and oxygen atoms in total. The van der Waals surface area contributed by atoms with E-state index in [2.05, 4.69) is 15.9 Å². The van der Waals surface area contributed by atoms with Crippen molar-refractivity contribution in [2.45, 2.75) is 36.4 Å². The average molecular weight is 539 g/mol. The second kappa shape index (κ2) is 11.3. The molecule has 0 bridgehead atoms. The summed E-state index contributed by atoms with van der Waals surface area (Å²) >= 11 is 3.39. The Morgan fingerprint density at radius 2 is 0.943 bits per heavy atom. The number of hydrogen-bond donors (Lipinski definition) is 0. The smallest absolute Gasteiger partial charge is 0.338 e. The summed E-state index contributed by atoms with van der Waals surface area (Å²) in [6.07, 6.45) is -3.96. The second-order valence-corrected chi connectivity index (χ2v) is 8.80. The molecule has 180 valence electrons. The third-order valence-electron chi connectivity index (χ3n) is 5.47. The van der Waals surface area contributed by atoms with Crippen molar-refractivity contribution in [2.75, 3.05) is 0 Å². The van der Waals surface area contributed by atoms with E-state index in [1.807, 2.05) is 0 Å². The summed E-state index contributed by atoms with van der Waals surface area (Å²) in [6.45, 7) is 1.69. The summed E-state index contributed by atoms with van der Waals surface area (Å²) in [6, 6.07) is 25.2. The van der Waals surface area contributed by atoms with Gasteiger partial charge in [0.15, 0.2) is 23.3 Å². The number of hydrogen-bond acceptors (Lipinski definition) is 7. The number of halogens is 1. The molecule has 0 N–H and O–H groups in total. The molecule has 1 saturated heterocycles. The summed E-state index contributed by atoms with van der Waals surface area (Å²) in [5, 5.41) is -0.814. The Morgan fingerprint density at radius 1 is 0.600 bits per heavy atom. The lowest BCUT2D eigenvalue weighted by Gasteiger charge is -2.42. The van der Waals surface area contributed by atoms with Crippen molar-refractivity contribution < 1.29 is 33.3 Å². The topological polar surface area (TPSA) is 88.1 Å². The number of rotatable bonds is 6. The van der Waals surface area contributed by atoms with E-state index < -0.39 is 47.3 Å². The van der Waals surface area contributed by atoms with Gasteiger partial charge in [0.05, 0.1) is 22.8 Å². The third-order valence-corrected chi connectivity index (χ3v) is 6.21. The van der Waals surface area contributed by atoms with Crippen LogP contribution in [0.2, 0.25) is 0 Å². The largest absolute Gasteiger partial charge is 0.452 e. The molecule has 0 radical (unpaired) electrons. The monoisotopic (exact) mass is 538 g/mol. The Bertz CT molecular complexity index is 1090. The Hall–Kier alpha value is -3.49. The summed E-state index contributed by atoms with van der Waals surface area (Å²) in [4.78, 5) is 38.7. The molecule has 1 heterocycles. The second-order valence-electron chi connectivity index (χ2n) is 7.90. The molecular formula is C27H23BrO7. The molecule has 0 aromatic heterocycles. The first-order valence-electron chi connectivity index (χ1n) is 11.0. The van der Waals surface area contributed by atoms with E-state index in [0.717, 1.165) is 0 Å². The van der Waals surface area contributed by atoms with Crippen molar-refractivity contribution in [2.24, 2.45) is 0 Å². The van der Waals surface area contributed by atoms with Gasteiger partial charge in [-0.3, -0.25) is 0 Å². The van der Waals surface area contributed by atoms with Crippen LogP contribution in [0.4, 0.5) is 0 Å². The van der Waals surface area contributed by atoms with Crippen LogP contribution in [-0.2, 0) is 18.9 Å². The van der Waals surface area contributed by atoms with E-state index in [1.54, 1.807) is 97.9 Å². The SMILES string of the molecule is C[C@@H]1O[C@@H](Br)[C@H](OC(=O)c2ccccc2)[C@H](OC(=O)c2ccccc2)[C@H]1OC(=O)c1ccccc1. The highest BCUT2D eigenvalue weighted by Crippen LogP contribution is 2.32. The molecule has 8 heteroatoms. The molecule has 0 amide bonds. The maximum absolute atomic E-state index is 13.0.